The standard InChI is InChI=1S/C31H38F3N13O/c1-29(2,20-36-3)7-10-42-11-13-43(14-12-42)26(48)19-45-18-24(16-37-45)39-28-40-27-25(5-4-9-46(27)41-28)44-21-30(22-44,6-8-35)47-17-23(15-38-47)31(32,33)34/h4-5,9,15-18H,3,6-7,10-14,19-22H2,1-2H3,(H,39,41). The molecule has 48 heavy (non-hydrogen) atoms. The van der Waals surface area contributed by atoms with E-state index in [1.165, 1.54) is 4.68 Å². The van der Waals surface area contributed by atoms with Crippen molar-refractivity contribution in [1.82, 2.24) is 44.0 Å². The number of hydrogen-bond donors (Lipinski definition) is 1. The van der Waals surface area contributed by atoms with Crippen molar-refractivity contribution in [3.63, 3.8) is 0 Å². The van der Waals surface area contributed by atoms with Crippen molar-refractivity contribution < 1.29 is 18.0 Å². The number of aromatic nitrogens is 7. The van der Waals surface area contributed by atoms with Crippen molar-refractivity contribution in [2.24, 2.45) is 10.4 Å². The van der Waals surface area contributed by atoms with E-state index in [9.17, 15) is 23.2 Å². The zero-order chi connectivity index (χ0) is 34.1. The predicted molar refractivity (Wildman–Crippen MR) is 172 cm³/mol. The van der Waals surface area contributed by atoms with Crippen molar-refractivity contribution in [3.8, 4) is 6.07 Å². The summed E-state index contributed by atoms with van der Waals surface area (Å²) in [5.41, 5.74) is 0.217. The Balaban J connectivity index is 1.05. The second-order valence-electron chi connectivity index (χ2n) is 13.3. The molecule has 6 heterocycles. The van der Waals surface area contributed by atoms with E-state index in [0.29, 0.717) is 36.1 Å². The summed E-state index contributed by atoms with van der Waals surface area (Å²) in [6, 6.07) is 5.74. The van der Waals surface area contributed by atoms with Crippen LogP contribution in [0.15, 0.2) is 48.1 Å². The minimum absolute atomic E-state index is 0.000788. The quantitative estimate of drug-likeness (QED) is 0.226. The molecule has 0 atom stereocenters. The van der Waals surface area contributed by atoms with Gasteiger partial charge in [-0.1, -0.05) is 13.8 Å². The highest BCUT2D eigenvalue weighted by atomic mass is 19.4. The molecule has 6 rings (SSSR count). The fourth-order valence-corrected chi connectivity index (χ4v) is 6.19. The molecule has 2 saturated heterocycles. The van der Waals surface area contributed by atoms with Crippen LogP contribution in [-0.2, 0) is 23.1 Å². The van der Waals surface area contributed by atoms with E-state index < -0.39 is 17.3 Å². The van der Waals surface area contributed by atoms with Crippen molar-refractivity contribution in [2.75, 3.05) is 62.6 Å². The van der Waals surface area contributed by atoms with Gasteiger partial charge in [-0.2, -0.15) is 33.6 Å². The molecule has 0 radical (unpaired) electrons. The van der Waals surface area contributed by atoms with Crippen molar-refractivity contribution >= 4 is 35.6 Å². The molecule has 17 heteroatoms. The Kier molecular flexibility index (Phi) is 8.86. The van der Waals surface area contributed by atoms with Gasteiger partial charge in [-0.25, -0.2) is 4.52 Å². The second kappa shape index (κ2) is 12.9. The number of carbonyl (C=O) groups is 1. The van der Waals surface area contributed by atoms with Crippen LogP contribution in [0, 0.1) is 16.7 Å². The lowest BCUT2D eigenvalue weighted by Gasteiger charge is -2.50. The van der Waals surface area contributed by atoms with E-state index in [1.807, 2.05) is 15.9 Å². The first-order valence-electron chi connectivity index (χ1n) is 15.7. The lowest BCUT2D eigenvalue weighted by atomic mass is 9.86. The lowest BCUT2D eigenvalue weighted by Crippen LogP contribution is -2.63. The third-order valence-electron chi connectivity index (χ3n) is 9.01. The smallest absolute Gasteiger partial charge is 0.363 e. The lowest BCUT2D eigenvalue weighted by molar-refractivity contribution is -0.137. The molecule has 0 unspecified atom stereocenters. The number of fused-ring (bicyclic) bond motifs is 1. The molecule has 2 aliphatic heterocycles. The number of nitrogens with zero attached hydrogens (tertiary/aromatic N) is 12. The van der Waals surface area contributed by atoms with Crippen LogP contribution in [0.2, 0.25) is 0 Å². The average Bonchev–Trinajstić information content (AvgIpc) is 3.78. The zero-order valence-corrected chi connectivity index (χ0v) is 26.9. The van der Waals surface area contributed by atoms with Gasteiger partial charge in [0.05, 0.1) is 41.8 Å². The molecule has 2 aliphatic rings. The maximum atomic E-state index is 13.2. The highest BCUT2D eigenvalue weighted by Crippen LogP contribution is 2.39. The Morgan fingerprint density at radius 2 is 1.92 bits per heavy atom. The number of nitrogens with one attached hydrogen (secondary N) is 1. The summed E-state index contributed by atoms with van der Waals surface area (Å²) in [6.45, 7) is 13.4. The molecule has 0 aliphatic carbocycles. The number of aliphatic imine (C=N–C) groups is 1. The third kappa shape index (κ3) is 6.98. The maximum Gasteiger partial charge on any atom is 0.419 e. The normalized spacial score (nSPS) is 16.9. The number of pyridine rings is 1. The van der Waals surface area contributed by atoms with Crippen molar-refractivity contribution in [2.45, 2.75) is 44.9 Å². The number of hydrogen-bond acceptors (Lipinski definition) is 10. The van der Waals surface area contributed by atoms with E-state index in [1.54, 1.807) is 33.9 Å². The van der Waals surface area contributed by atoms with Crippen molar-refractivity contribution in [3.05, 3.63) is 48.7 Å². The van der Waals surface area contributed by atoms with Crippen LogP contribution in [-0.4, -0.2) is 109 Å². The first-order valence-corrected chi connectivity index (χ1v) is 15.7. The minimum Gasteiger partial charge on any atom is -0.363 e. The minimum atomic E-state index is -4.52. The number of nitriles is 1. The van der Waals surface area contributed by atoms with Crippen molar-refractivity contribution in [1.29, 1.82) is 5.26 Å². The Labute approximate surface area is 275 Å². The molecule has 0 bridgehead atoms. The number of amides is 1. The highest BCUT2D eigenvalue weighted by Gasteiger charge is 2.47. The molecule has 1 amide bonds. The monoisotopic (exact) mass is 665 g/mol. The Morgan fingerprint density at radius 1 is 1.15 bits per heavy atom. The van der Waals surface area contributed by atoms with Gasteiger partial charge in [-0.3, -0.25) is 19.1 Å². The SMILES string of the molecule is C=NCC(C)(C)CCN1CCN(C(=O)Cn2cc(Nc3nc4c(N5CC(CC#N)(n6cc(C(F)(F)F)cn6)C5)cccn4n3)cn2)CC1. The summed E-state index contributed by atoms with van der Waals surface area (Å²) in [5.74, 6) is 0.310. The van der Waals surface area contributed by atoms with Crippen LogP contribution < -0.4 is 10.2 Å². The van der Waals surface area contributed by atoms with Crippen LogP contribution in [0.25, 0.3) is 5.65 Å². The molecule has 4 aromatic heterocycles. The van der Waals surface area contributed by atoms with Gasteiger partial charge in [-0.15, -0.1) is 5.10 Å². The number of rotatable bonds is 12. The third-order valence-corrected chi connectivity index (χ3v) is 9.01. The summed E-state index contributed by atoms with van der Waals surface area (Å²) in [5, 5.41) is 25.4. The molecule has 14 nitrogen and oxygen atoms in total. The van der Waals surface area contributed by atoms with E-state index >= 15 is 0 Å². The largest absolute Gasteiger partial charge is 0.419 e. The molecule has 254 valence electrons. The van der Waals surface area contributed by atoms with Gasteiger partial charge in [-0.05, 0) is 37.2 Å². The number of halogens is 3. The summed E-state index contributed by atoms with van der Waals surface area (Å²) in [4.78, 5) is 27.9. The number of carbonyl (C=O) groups excluding carboxylic acids is 1. The van der Waals surface area contributed by atoms with Gasteiger partial charge in [0.2, 0.25) is 11.9 Å². The maximum absolute atomic E-state index is 13.2. The summed E-state index contributed by atoms with van der Waals surface area (Å²) < 4.78 is 44.0. The molecule has 0 spiro atoms. The molecule has 1 N–H and O–H groups in total. The highest BCUT2D eigenvalue weighted by molar-refractivity contribution is 5.76. The molecular formula is C31H38F3N13O. The van der Waals surface area contributed by atoms with E-state index in [2.05, 4.69) is 62.1 Å². The number of piperazine rings is 1. The van der Waals surface area contributed by atoms with E-state index in [-0.39, 0.29) is 37.4 Å². The van der Waals surface area contributed by atoms with Crippen LogP contribution in [0.4, 0.5) is 30.5 Å². The predicted octanol–water partition coefficient (Wildman–Crippen LogP) is 3.27. The fourth-order valence-electron chi connectivity index (χ4n) is 6.19. The summed E-state index contributed by atoms with van der Waals surface area (Å²) in [6.07, 6.45) is 3.30. The van der Waals surface area contributed by atoms with E-state index in [0.717, 1.165) is 45.0 Å². The second-order valence-corrected chi connectivity index (χ2v) is 13.3. The van der Waals surface area contributed by atoms with Crippen LogP contribution in [0.1, 0.15) is 32.3 Å². The molecule has 0 aromatic carbocycles. The summed E-state index contributed by atoms with van der Waals surface area (Å²) in [7, 11) is 0. The average molecular weight is 666 g/mol. The number of anilines is 3. The fraction of sp³-hybridized carbons (Fsp3) is 0.516. The Hall–Kier alpha value is -4.98. The Morgan fingerprint density at radius 3 is 2.60 bits per heavy atom. The van der Waals surface area contributed by atoms with Crippen LogP contribution in [0.5, 0.6) is 0 Å². The molecule has 0 saturated carbocycles. The van der Waals surface area contributed by atoms with Gasteiger partial charge in [0.25, 0.3) is 0 Å². The molecule has 2 fully saturated rings. The Bertz CT molecular complexity index is 1800. The zero-order valence-electron chi connectivity index (χ0n) is 26.9. The van der Waals surface area contributed by atoms with Crippen LogP contribution >= 0.6 is 0 Å². The summed E-state index contributed by atoms with van der Waals surface area (Å²) >= 11 is 0. The van der Waals surface area contributed by atoms with E-state index in [4.69, 9.17) is 0 Å². The molecule has 4 aromatic rings. The van der Waals surface area contributed by atoms with Gasteiger partial charge in [0.15, 0.2) is 5.65 Å². The molecular weight excluding hydrogens is 627 g/mol. The first-order chi connectivity index (χ1) is 22.9. The van der Waals surface area contributed by atoms with Gasteiger partial charge < -0.3 is 20.1 Å². The topological polar surface area (TPSA) is 141 Å². The first kappa shape index (κ1) is 32.9. The van der Waals surface area contributed by atoms with Gasteiger partial charge in [0, 0.05) is 64.4 Å². The van der Waals surface area contributed by atoms with Crippen LogP contribution in [0.3, 0.4) is 0 Å². The van der Waals surface area contributed by atoms with Gasteiger partial charge in [0.1, 0.15) is 12.1 Å². The van der Waals surface area contributed by atoms with Gasteiger partial charge >= 0.3 is 6.18 Å². The number of alkyl halides is 3.